The van der Waals surface area contributed by atoms with Gasteiger partial charge in [-0.2, -0.15) is 9.52 Å². The molecule has 4 heterocycles. The summed E-state index contributed by atoms with van der Waals surface area (Å²) in [4.78, 5) is 37.8. The zero-order valence-electron chi connectivity index (χ0n) is 16.0. The van der Waals surface area contributed by atoms with Crippen LogP contribution in [0.25, 0.3) is 0 Å². The fourth-order valence-electron chi connectivity index (χ4n) is 2.98. The first-order chi connectivity index (χ1) is 14.3. The van der Waals surface area contributed by atoms with Gasteiger partial charge in [0.25, 0.3) is 0 Å². The zero-order valence-corrected chi connectivity index (χ0v) is 20.5. The Balaban J connectivity index is 0.00000272. The topological polar surface area (TPSA) is 169 Å². The van der Waals surface area contributed by atoms with Crippen LogP contribution in [0.1, 0.15) is 5.69 Å². The molecule has 2 aliphatic heterocycles. The number of thiazole rings is 1. The number of carboxylic acids is 1. The van der Waals surface area contributed by atoms with E-state index < -0.39 is 11.9 Å². The number of hydrogen-bond acceptors (Lipinski definition) is 11. The predicted molar refractivity (Wildman–Crippen MR) is 104 cm³/mol. The minimum absolute atomic E-state index is 0. The summed E-state index contributed by atoms with van der Waals surface area (Å²) in [5.41, 5.74) is 2.69. The van der Waals surface area contributed by atoms with Gasteiger partial charge in [0, 0.05) is 16.9 Å². The molecular weight excluding hydrogens is 477 g/mol. The quantitative estimate of drug-likeness (QED) is 0.149. The van der Waals surface area contributed by atoms with Crippen molar-refractivity contribution in [1.29, 1.82) is 5.41 Å². The second-order valence-electron chi connectivity index (χ2n) is 6.28. The van der Waals surface area contributed by atoms with Crippen molar-refractivity contribution in [3.63, 3.8) is 0 Å². The van der Waals surface area contributed by atoms with Crippen molar-refractivity contribution in [2.75, 3.05) is 16.9 Å². The minimum atomic E-state index is -1.36. The Kier molecular flexibility index (Phi) is 7.54. The maximum Gasteiger partial charge on any atom is 1.00 e. The Morgan fingerprint density at radius 3 is 2.90 bits per heavy atom. The van der Waals surface area contributed by atoms with Crippen LogP contribution in [-0.4, -0.2) is 64.6 Å². The monoisotopic (exact) mass is 491 g/mol. The number of amides is 2. The average Bonchev–Trinajstić information content (AvgIpc) is 3.28. The van der Waals surface area contributed by atoms with E-state index in [-0.39, 0.29) is 69.4 Å². The predicted octanol–water partition coefficient (Wildman–Crippen LogP) is -4.57. The van der Waals surface area contributed by atoms with Gasteiger partial charge in [-0.25, -0.2) is 5.43 Å². The summed E-state index contributed by atoms with van der Waals surface area (Å²) in [5, 5.41) is 37.6. The Hall–Kier alpha value is -1.78. The Labute approximate surface area is 209 Å². The van der Waals surface area contributed by atoms with Crippen molar-refractivity contribution < 1.29 is 54.3 Å². The van der Waals surface area contributed by atoms with Gasteiger partial charge in [-0.05, 0) is 11.3 Å². The van der Waals surface area contributed by atoms with E-state index in [1.165, 1.54) is 46.1 Å². The second-order valence-corrected chi connectivity index (χ2v) is 9.33. The van der Waals surface area contributed by atoms with E-state index in [9.17, 15) is 24.7 Å². The molecule has 2 aromatic heterocycles. The number of thioether (sulfide) groups is 2. The first kappa shape index (κ1) is 23.9. The molecule has 2 aromatic rings. The van der Waals surface area contributed by atoms with Gasteiger partial charge in [-0.1, -0.05) is 0 Å². The summed E-state index contributed by atoms with van der Waals surface area (Å²) in [6.45, 7) is 0. The maximum absolute atomic E-state index is 12.3. The van der Waals surface area contributed by atoms with Gasteiger partial charge in [0.05, 0.1) is 41.3 Å². The molecule has 0 bridgehead atoms. The van der Waals surface area contributed by atoms with Crippen molar-refractivity contribution in [1.82, 2.24) is 24.7 Å². The third-order valence-electron chi connectivity index (χ3n) is 4.40. The van der Waals surface area contributed by atoms with E-state index in [2.05, 4.69) is 15.7 Å². The van der Waals surface area contributed by atoms with Crippen LogP contribution >= 0.6 is 34.9 Å². The van der Waals surface area contributed by atoms with Crippen LogP contribution < -0.4 is 44.9 Å². The van der Waals surface area contributed by atoms with E-state index in [0.29, 0.717) is 21.3 Å². The zero-order chi connectivity index (χ0) is 21.4. The van der Waals surface area contributed by atoms with Gasteiger partial charge in [0.2, 0.25) is 16.6 Å². The normalized spacial score (nSPS) is 19.7. The van der Waals surface area contributed by atoms with E-state index in [4.69, 9.17) is 5.41 Å². The standard InChI is InChI=1S/C15H15N7O5S3.Na/c16-15-22(27)7(5-30-15)3-10(23)18-20-4-11(17-19-20)29-6-8-12(24)21-9(14(25)26)1-2-28-13(8)21;/h1,4-5,8,13,16,27H,2-3,6H2,(H,18,23)(H,25,26);/q;+1/p-1. The number of fused-ring (bicyclic) bond motifs is 1. The molecule has 3 N–H and O–H groups in total. The molecule has 1 fully saturated rings. The van der Waals surface area contributed by atoms with Crippen molar-refractivity contribution >= 4 is 52.6 Å². The molecule has 158 valence electrons. The Bertz CT molecular complexity index is 1110. The van der Waals surface area contributed by atoms with E-state index >= 15 is 0 Å². The molecule has 12 nitrogen and oxygen atoms in total. The first-order valence-corrected chi connectivity index (χ1v) is 11.4. The van der Waals surface area contributed by atoms with Gasteiger partial charge in [0.1, 0.15) is 5.03 Å². The van der Waals surface area contributed by atoms with Crippen LogP contribution in [0, 0.1) is 11.3 Å². The number of rotatable bonds is 7. The van der Waals surface area contributed by atoms with Crippen LogP contribution in [0.4, 0.5) is 0 Å². The van der Waals surface area contributed by atoms with E-state index in [0.717, 1.165) is 16.1 Å². The van der Waals surface area contributed by atoms with Gasteiger partial charge >= 0.3 is 29.6 Å². The smallest absolute Gasteiger partial charge is 0.543 e. The van der Waals surface area contributed by atoms with Crippen LogP contribution in [0.3, 0.4) is 0 Å². The number of hydrogen-bond donors (Lipinski definition) is 3. The summed E-state index contributed by atoms with van der Waals surface area (Å²) in [5.74, 6) is -1.53. The van der Waals surface area contributed by atoms with Crippen LogP contribution in [0.2, 0.25) is 0 Å². The number of carbonyl (C=O) groups is 3. The summed E-state index contributed by atoms with van der Waals surface area (Å²) in [7, 11) is 0. The van der Waals surface area contributed by atoms with Crippen LogP contribution in [0.15, 0.2) is 28.4 Å². The Morgan fingerprint density at radius 1 is 1.45 bits per heavy atom. The summed E-state index contributed by atoms with van der Waals surface area (Å²) in [6.07, 6.45) is 2.82. The SMILES string of the molecule is N=c1scc(CC(=O)Nn2cc(SCC3C(=O)N4C(C(=O)[O-])=CCSC34)nn2)n1O.[Na+]. The van der Waals surface area contributed by atoms with Gasteiger partial charge in [0.15, 0.2) is 0 Å². The van der Waals surface area contributed by atoms with Crippen molar-refractivity contribution in [2.45, 2.75) is 16.8 Å². The molecule has 0 radical (unpaired) electrons. The maximum atomic E-state index is 12.3. The summed E-state index contributed by atoms with van der Waals surface area (Å²) >= 11 is 3.76. The molecule has 0 saturated carbocycles. The molecule has 16 heteroatoms. The molecule has 2 aliphatic rings. The van der Waals surface area contributed by atoms with Crippen LogP contribution in [-0.2, 0) is 20.8 Å². The largest absolute Gasteiger partial charge is 1.00 e. The molecule has 2 unspecified atom stereocenters. The Morgan fingerprint density at radius 2 is 2.23 bits per heavy atom. The number of nitrogens with zero attached hydrogens (tertiary/aromatic N) is 5. The molecule has 31 heavy (non-hydrogen) atoms. The minimum Gasteiger partial charge on any atom is -0.543 e. The molecule has 0 aromatic carbocycles. The number of β-lactam (4-membered cyclic amide) rings is 1. The number of aromatic nitrogens is 4. The second kappa shape index (κ2) is 9.79. The third kappa shape index (κ3) is 4.85. The van der Waals surface area contributed by atoms with Crippen molar-refractivity contribution in [3.05, 3.63) is 33.8 Å². The van der Waals surface area contributed by atoms with Crippen molar-refractivity contribution in [2.24, 2.45) is 5.92 Å². The molecule has 4 rings (SSSR count). The fraction of sp³-hybridized carbons (Fsp3) is 0.333. The summed E-state index contributed by atoms with van der Waals surface area (Å²) in [6, 6.07) is 0. The average molecular weight is 492 g/mol. The molecule has 2 amide bonds. The number of aliphatic carboxylic acids is 1. The van der Waals surface area contributed by atoms with Crippen molar-refractivity contribution in [3.8, 4) is 0 Å². The molecule has 0 spiro atoms. The molecule has 1 saturated heterocycles. The number of carbonyl (C=O) groups excluding carboxylic acids is 3. The summed E-state index contributed by atoms with van der Waals surface area (Å²) < 4.78 is 0.635. The first-order valence-electron chi connectivity index (χ1n) is 8.49. The molecule has 0 aliphatic carbocycles. The number of nitrogens with one attached hydrogen (secondary N) is 2. The van der Waals surface area contributed by atoms with Gasteiger partial charge < -0.3 is 15.1 Å². The molecular formula is C15H14N7NaO5S3. The van der Waals surface area contributed by atoms with E-state index in [1.54, 1.807) is 0 Å². The van der Waals surface area contributed by atoms with E-state index in [1.807, 2.05) is 0 Å². The van der Waals surface area contributed by atoms with Gasteiger partial charge in [-0.15, -0.1) is 40.0 Å². The fourth-order valence-corrected chi connectivity index (χ4v) is 5.95. The van der Waals surface area contributed by atoms with Crippen LogP contribution in [0.5, 0.6) is 0 Å². The number of carboxylic acid groups (broad SMARTS) is 1. The van der Waals surface area contributed by atoms with Gasteiger partial charge in [-0.3, -0.25) is 19.9 Å². The molecule has 2 atom stereocenters. The third-order valence-corrected chi connectivity index (χ3v) is 7.44.